The third kappa shape index (κ3) is 5.52. The highest BCUT2D eigenvalue weighted by atomic mass is 32.2. The summed E-state index contributed by atoms with van der Waals surface area (Å²) in [5.74, 6) is -2.65. The van der Waals surface area contributed by atoms with Crippen LogP contribution in [0, 0.1) is 0 Å². The summed E-state index contributed by atoms with van der Waals surface area (Å²) in [5.41, 5.74) is 0. The van der Waals surface area contributed by atoms with Gasteiger partial charge in [0.2, 0.25) is 5.91 Å². The topological polar surface area (TPSA) is 101 Å². The van der Waals surface area contributed by atoms with Crippen molar-refractivity contribution >= 4 is 21.7 Å². The van der Waals surface area contributed by atoms with Gasteiger partial charge in [0.25, 0.3) is 0 Å². The van der Waals surface area contributed by atoms with E-state index in [1.807, 2.05) is 0 Å². The highest BCUT2D eigenvalue weighted by molar-refractivity contribution is 7.91. The van der Waals surface area contributed by atoms with E-state index < -0.39 is 33.5 Å². The smallest absolute Gasteiger partial charge is 0.326 e. The highest BCUT2D eigenvalue weighted by Gasteiger charge is 2.19. The second kappa shape index (κ2) is 4.94. The number of hydrogen-bond donors (Lipinski definition) is 2. The summed E-state index contributed by atoms with van der Waals surface area (Å²) in [5, 5.41) is 10.7. The molecule has 14 heavy (non-hydrogen) atoms. The summed E-state index contributed by atoms with van der Waals surface area (Å²) in [6.45, 7) is 1.58. The molecular formula is C7H13NO5S. The molecule has 6 nitrogen and oxygen atoms in total. The maximum atomic E-state index is 11.0. The van der Waals surface area contributed by atoms with Gasteiger partial charge >= 0.3 is 5.97 Å². The SMILES string of the molecule is CC[C@H](NC(=O)CS(C)(=O)=O)C(=O)O. The number of hydrogen-bond acceptors (Lipinski definition) is 4. The van der Waals surface area contributed by atoms with Crippen LogP contribution in [0.1, 0.15) is 13.3 Å². The van der Waals surface area contributed by atoms with Gasteiger partial charge in [0, 0.05) is 6.26 Å². The largest absolute Gasteiger partial charge is 0.480 e. The zero-order chi connectivity index (χ0) is 11.4. The van der Waals surface area contributed by atoms with Crippen LogP contribution in [0.25, 0.3) is 0 Å². The second-order valence-corrected chi connectivity index (χ2v) is 5.08. The van der Waals surface area contributed by atoms with Gasteiger partial charge in [-0.1, -0.05) is 6.92 Å². The van der Waals surface area contributed by atoms with Gasteiger partial charge in [-0.2, -0.15) is 0 Å². The minimum atomic E-state index is -3.41. The number of carboxylic acid groups (broad SMARTS) is 1. The van der Waals surface area contributed by atoms with Crippen LogP contribution in [-0.4, -0.2) is 43.5 Å². The Morgan fingerprint density at radius 1 is 1.43 bits per heavy atom. The van der Waals surface area contributed by atoms with Crippen LogP contribution in [0.3, 0.4) is 0 Å². The normalized spacial score (nSPS) is 13.3. The molecular weight excluding hydrogens is 210 g/mol. The Balaban J connectivity index is 4.25. The van der Waals surface area contributed by atoms with Crippen molar-refractivity contribution in [2.45, 2.75) is 19.4 Å². The fraction of sp³-hybridized carbons (Fsp3) is 0.714. The van der Waals surface area contributed by atoms with E-state index in [4.69, 9.17) is 5.11 Å². The molecule has 0 aliphatic rings. The molecule has 0 radical (unpaired) electrons. The van der Waals surface area contributed by atoms with Gasteiger partial charge in [0.05, 0.1) is 0 Å². The van der Waals surface area contributed by atoms with Gasteiger partial charge in [-0.3, -0.25) is 4.79 Å². The fourth-order valence-electron chi connectivity index (χ4n) is 0.813. The molecule has 1 atom stereocenters. The first kappa shape index (κ1) is 12.9. The molecule has 0 saturated carbocycles. The summed E-state index contributed by atoms with van der Waals surface area (Å²) in [6.07, 6.45) is 1.12. The van der Waals surface area contributed by atoms with Gasteiger partial charge in [0.15, 0.2) is 9.84 Å². The second-order valence-electron chi connectivity index (χ2n) is 2.94. The van der Waals surface area contributed by atoms with Gasteiger partial charge in [-0.05, 0) is 6.42 Å². The molecule has 0 heterocycles. The molecule has 0 saturated heterocycles. The monoisotopic (exact) mass is 223 g/mol. The predicted molar refractivity (Wildman–Crippen MR) is 49.6 cm³/mol. The summed E-state index contributed by atoms with van der Waals surface area (Å²) in [6, 6.07) is -1.02. The molecule has 0 aromatic rings. The number of carbonyl (C=O) groups excluding carboxylic acids is 1. The number of sulfone groups is 1. The van der Waals surface area contributed by atoms with Crippen molar-refractivity contribution in [3.8, 4) is 0 Å². The zero-order valence-corrected chi connectivity index (χ0v) is 8.80. The van der Waals surface area contributed by atoms with E-state index >= 15 is 0 Å². The van der Waals surface area contributed by atoms with Crippen molar-refractivity contribution < 1.29 is 23.1 Å². The molecule has 0 fully saturated rings. The van der Waals surface area contributed by atoms with Crippen molar-refractivity contribution in [2.24, 2.45) is 0 Å². The lowest BCUT2D eigenvalue weighted by atomic mass is 10.2. The summed E-state index contributed by atoms with van der Waals surface area (Å²) < 4.78 is 21.3. The highest BCUT2D eigenvalue weighted by Crippen LogP contribution is 1.92. The van der Waals surface area contributed by atoms with E-state index in [9.17, 15) is 18.0 Å². The molecule has 2 N–H and O–H groups in total. The Morgan fingerprint density at radius 3 is 2.21 bits per heavy atom. The Bertz CT molecular complexity index is 321. The number of nitrogens with one attached hydrogen (secondary N) is 1. The lowest BCUT2D eigenvalue weighted by Crippen LogP contribution is -2.42. The summed E-state index contributed by atoms with van der Waals surface area (Å²) in [4.78, 5) is 21.4. The Morgan fingerprint density at radius 2 is 1.93 bits per heavy atom. The minimum absolute atomic E-state index is 0.213. The third-order valence-corrected chi connectivity index (χ3v) is 2.22. The van der Waals surface area contributed by atoms with Crippen LogP contribution < -0.4 is 5.32 Å². The molecule has 0 spiro atoms. The number of carboxylic acids is 1. The average Bonchev–Trinajstić information content (AvgIpc) is 1.96. The Hall–Kier alpha value is -1.11. The van der Waals surface area contributed by atoms with Crippen LogP contribution in [0.2, 0.25) is 0 Å². The maximum Gasteiger partial charge on any atom is 0.326 e. The standard InChI is InChI=1S/C7H13NO5S/c1-3-5(7(10)11)8-6(9)4-14(2,12)13/h5H,3-4H2,1-2H3,(H,8,9)(H,10,11)/t5-/m0/s1. The van der Waals surface area contributed by atoms with E-state index in [1.165, 1.54) is 0 Å². The number of carbonyl (C=O) groups is 2. The van der Waals surface area contributed by atoms with E-state index in [0.29, 0.717) is 0 Å². The van der Waals surface area contributed by atoms with Crippen molar-refractivity contribution in [3.63, 3.8) is 0 Å². The molecule has 7 heteroatoms. The lowest BCUT2D eigenvalue weighted by Gasteiger charge is -2.11. The molecule has 0 aliphatic carbocycles. The Labute approximate surface area is 82.2 Å². The molecule has 0 unspecified atom stereocenters. The summed E-state index contributed by atoms with van der Waals surface area (Å²) in [7, 11) is -3.41. The van der Waals surface area contributed by atoms with Gasteiger partial charge in [-0.15, -0.1) is 0 Å². The van der Waals surface area contributed by atoms with Crippen LogP contribution in [0.4, 0.5) is 0 Å². The van der Waals surface area contributed by atoms with E-state index in [2.05, 4.69) is 5.32 Å². The predicted octanol–water partition coefficient (Wildman–Crippen LogP) is -0.990. The zero-order valence-electron chi connectivity index (χ0n) is 7.98. The third-order valence-electron chi connectivity index (χ3n) is 1.43. The van der Waals surface area contributed by atoms with Gasteiger partial charge in [-0.25, -0.2) is 13.2 Å². The van der Waals surface area contributed by atoms with Gasteiger partial charge in [0.1, 0.15) is 11.8 Å². The fourth-order valence-corrected chi connectivity index (χ4v) is 1.37. The number of rotatable bonds is 5. The van der Waals surface area contributed by atoms with Crippen molar-refractivity contribution in [1.82, 2.24) is 5.32 Å². The number of amides is 1. The number of aliphatic carboxylic acids is 1. The first-order valence-corrected chi connectivity index (χ1v) is 6.02. The van der Waals surface area contributed by atoms with E-state index in [0.717, 1.165) is 6.26 Å². The summed E-state index contributed by atoms with van der Waals surface area (Å²) >= 11 is 0. The molecule has 0 aliphatic heterocycles. The van der Waals surface area contributed by atoms with Gasteiger partial charge < -0.3 is 10.4 Å². The molecule has 0 aromatic carbocycles. The van der Waals surface area contributed by atoms with Crippen molar-refractivity contribution in [1.29, 1.82) is 0 Å². The maximum absolute atomic E-state index is 11.0. The molecule has 0 bridgehead atoms. The van der Waals surface area contributed by atoms with Crippen LogP contribution in [-0.2, 0) is 19.4 Å². The van der Waals surface area contributed by atoms with Crippen LogP contribution in [0.15, 0.2) is 0 Å². The van der Waals surface area contributed by atoms with E-state index in [-0.39, 0.29) is 6.42 Å². The van der Waals surface area contributed by atoms with E-state index in [1.54, 1.807) is 6.92 Å². The lowest BCUT2D eigenvalue weighted by molar-refractivity contribution is -0.141. The van der Waals surface area contributed by atoms with Crippen molar-refractivity contribution in [3.05, 3.63) is 0 Å². The molecule has 1 amide bonds. The van der Waals surface area contributed by atoms with Crippen LogP contribution >= 0.6 is 0 Å². The molecule has 0 aromatic heterocycles. The minimum Gasteiger partial charge on any atom is -0.480 e. The average molecular weight is 223 g/mol. The van der Waals surface area contributed by atoms with Crippen molar-refractivity contribution in [2.75, 3.05) is 12.0 Å². The first-order chi connectivity index (χ1) is 6.26. The Kier molecular flexibility index (Phi) is 4.55. The molecule has 0 rings (SSSR count). The molecule has 82 valence electrons. The first-order valence-electron chi connectivity index (χ1n) is 3.96. The quantitative estimate of drug-likeness (QED) is 0.623. The van der Waals surface area contributed by atoms with Crippen LogP contribution in [0.5, 0.6) is 0 Å².